The second-order valence-corrected chi connectivity index (χ2v) is 11.6. The lowest BCUT2D eigenvalue weighted by molar-refractivity contribution is -0.139. The van der Waals surface area contributed by atoms with Gasteiger partial charge in [-0.3, -0.25) is 9.59 Å². The van der Waals surface area contributed by atoms with Gasteiger partial charge in [-0.2, -0.15) is 0 Å². The van der Waals surface area contributed by atoms with E-state index < -0.39 is 6.04 Å². The molecule has 0 bridgehead atoms. The highest BCUT2D eigenvalue weighted by Crippen LogP contribution is 2.26. The quantitative estimate of drug-likeness (QED) is 0.227. The van der Waals surface area contributed by atoms with Crippen LogP contribution in [0.2, 0.25) is 10.0 Å². The summed E-state index contributed by atoms with van der Waals surface area (Å²) in [5.74, 6) is 0.534. The zero-order valence-corrected chi connectivity index (χ0v) is 24.8. The van der Waals surface area contributed by atoms with Gasteiger partial charge < -0.3 is 10.2 Å². The minimum Gasteiger partial charge on any atom is -0.352 e. The highest BCUT2D eigenvalue weighted by molar-refractivity contribution is 9.10. The number of carbonyl (C=O) groups is 2. The largest absolute Gasteiger partial charge is 0.352 e. The molecule has 4 nitrogen and oxygen atoms in total. The third-order valence-corrected chi connectivity index (χ3v) is 8.06. The first-order valence-corrected chi connectivity index (χ1v) is 14.9. The van der Waals surface area contributed by atoms with E-state index in [1.54, 1.807) is 17.0 Å². The predicted octanol–water partition coefficient (Wildman–Crippen LogP) is 7.54. The van der Waals surface area contributed by atoms with Crippen LogP contribution in [0.4, 0.5) is 0 Å². The Labute approximate surface area is 242 Å². The van der Waals surface area contributed by atoms with Gasteiger partial charge in [0.15, 0.2) is 0 Å². The molecule has 0 aromatic heterocycles. The minimum absolute atomic E-state index is 0.00927. The molecule has 0 aliphatic heterocycles. The molecule has 0 aliphatic carbocycles. The molecule has 0 aliphatic rings. The van der Waals surface area contributed by atoms with Gasteiger partial charge in [0.05, 0.1) is 5.75 Å². The molecule has 2 amide bonds. The first-order valence-electron chi connectivity index (χ1n) is 12.2. The molecular weight excluding hydrogens is 591 g/mol. The maximum absolute atomic E-state index is 13.7. The highest BCUT2D eigenvalue weighted by Gasteiger charge is 2.31. The van der Waals surface area contributed by atoms with Crippen molar-refractivity contribution >= 4 is 62.7 Å². The van der Waals surface area contributed by atoms with E-state index in [9.17, 15) is 9.59 Å². The number of nitrogens with one attached hydrogen (secondary N) is 1. The van der Waals surface area contributed by atoms with E-state index in [1.807, 2.05) is 74.5 Å². The Morgan fingerprint density at radius 1 is 1.00 bits per heavy atom. The number of hydrogen-bond donors (Lipinski definition) is 1. The zero-order chi connectivity index (χ0) is 26.8. The van der Waals surface area contributed by atoms with Crippen LogP contribution < -0.4 is 5.32 Å². The molecule has 0 unspecified atom stereocenters. The van der Waals surface area contributed by atoms with Crippen LogP contribution in [0.1, 0.15) is 37.0 Å². The molecule has 8 heteroatoms. The molecule has 3 aromatic carbocycles. The van der Waals surface area contributed by atoms with Crippen LogP contribution in [0.3, 0.4) is 0 Å². The molecule has 0 heterocycles. The lowest BCUT2D eigenvalue weighted by atomic mass is 10.0. The van der Waals surface area contributed by atoms with Gasteiger partial charge in [-0.05, 0) is 54.3 Å². The summed E-state index contributed by atoms with van der Waals surface area (Å²) in [7, 11) is 0. The van der Waals surface area contributed by atoms with Crippen molar-refractivity contribution < 1.29 is 9.59 Å². The molecule has 0 saturated carbocycles. The predicted molar refractivity (Wildman–Crippen MR) is 159 cm³/mol. The Hall–Kier alpha value is -1.99. The maximum atomic E-state index is 13.7. The van der Waals surface area contributed by atoms with Gasteiger partial charge in [-0.15, -0.1) is 11.8 Å². The lowest BCUT2D eigenvalue weighted by Crippen LogP contribution is -2.52. The van der Waals surface area contributed by atoms with E-state index in [2.05, 4.69) is 21.2 Å². The Morgan fingerprint density at radius 3 is 2.41 bits per heavy atom. The van der Waals surface area contributed by atoms with Gasteiger partial charge in [-0.25, -0.2) is 0 Å². The van der Waals surface area contributed by atoms with Crippen molar-refractivity contribution in [1.29, 1.82) is 0 Å². The van der Waals surface area contributed by atoms with E-state index in [-0.39, 0.29) is 23.6 Å². The summed E-state index contributed by atoms with van der Waals surface area (Å²) in [6.07, 6.45) is 1.23. The summed E-state index contributed by atoms with van der Waals surface area (Å²) in [6, 6.07) is 22.4. The van der Waals surface area contributed by atoms with Gasteiger partial charge in [0.2, 0.25) is 11.8 Å². The SMILES string of the molecule is CC[C@@H](C)NC(=O)[C@H](Cc1ccccc1)N(Cc1cccc(Br)c1)C(=O)CSCc1ccc(Cl)cc1Cl. The van der Waals surface area contributed by atoms with Crippen molar-refractivity contribution in [1.82, 2.24) is 10.2 Å². The number of benzene rings is 3. The zero-order valence-electron chi connectivity index (χ0n) is 20.9. The summed E-state index contributed by atoms with van der Waals surface area (Å²) in [6.45, 7) is 4.33. The van der Waals surface area contributed by atoms with Crippen LogP contribution in [0.15, 0.2) is 77.3 Å². The van der Waals surface area contributed by atoms with E-state index in [0.717, 1.165) is 27.6 Å². The van der Waals surface area contributed by atoms with Crippen molar-refractivity contribution in [2.45, 2.75) is 51.1 Å². The standard InChI is InChI=1S/C29H31BrCl2N2O2S/c1-3-20(2)33-29(36)27(15-21-8-5-4-6-9-21)34(17-22-10-7-11-24(30)14-22)28(35)19-37-18-23-12-13-25(31)16-26(23)32/h4-14,16,20,27H,3,15,17-19H2,1-2H3,(H,33,36)/t20-,27+/m1/s1. The smallest absolute Gasteiger partial charge is 0.243 e. The maximum Gasteiger partial charge on any atom is 0.243 e. The Morgan fingerprint density at radius 2 is 1.73 bits per heavy atom. The summed E-state index contributed by atoms with van der Waals surface area (Å²) >= 11 is 17.3. The molecule has 0 spiro atoms. The second kappa shape index (κ2) is 14.8. The normalized spacial score (nSPS) is 12.6. The van der Waals surface area contributed by atoms with Crippen LogP contribution in [-0.2, 0) is 28.3 Å². The van der Waals surface area contributed by atoms with Gasteiger partial charge in [0, 0.05) is 39.3 Å². The molecule has 196 valence electrons. The van der Waals surface area contributed by atoms with Crippen LogP contribution in [0.5, 0.6) is 0 Å². The third kappa shape index (κ3) is 9.36. The van der Waals surface area contributed by atoms with Crippen molar-refractivity contribution in [2.24, 2.45) is 0 Å². The molecule has 2 atom stereocenters. The first-order chi connectivity index (χ1) is 17.8. The Bertz CT molecular complexity index is 1200. The third-order valence-electron chi connectivity index (χ3n) is 6.01. The molecule has 3 aromatic rings. The van der Waals surface area contributed by atoms with Crippen LogP contribution >= 0.6 is 50.9 Å². The summed E-state index contributed by atoms with van der Waals surface area (Å²) in [5, 5.41) is 4.25. The van der Waals surface area contributed by atoms with Gasteiger partial charge >= 0.3 is 0 Å². The van der Waals surface area contributed by atoms with Crippen molar-refractivity contribution in [2.75, 3.05) is 5.75 Å². The van der Waals surface area contributed by atoms with E-state index in [1.165, 1.54) is 11.8 Å². The van der Waals surface area contributed by atoms with Crippen molar-refractivity contribution in [3.8, 4) is 0 Å². The number of hydrogen-bond acceptors (Lipinski definition) is 3. The molecule has 3 rings (SSSR count). The Balaban J connectivity index is 1.86. The monoisotopic (exact) mass is 620 g/mol. The second-order valence-electron chi connectivity index (χ2n) is 8.90. The average molecular weight is 622 g/mol. The summed E-state index contributed by atoms with van der Waals surface area (Å²) in [4.78, 5) is 29.0. The molecule has 0 saturated heterocycles. The van der Waals surface area contributed by atoms with Gasteiger partial charge in [-0.1, -0.05) is 94.6 Å². The van der Waals surface area contributed by atoms with E-state index >= 15 is 0 Å². The fraction of sp³-hybridized carbons (Fsp3) is 0.310. The molecule has 37 heavy (non-hydrogen) atoms. The number of rotatable bonds is 12. The van der Waals surface area contributed by atoms with Gasteiger partial charge in [0.25, 0.3) is 0 Å². The number of amides is 2. The molecule has 0 fully saturated rings. The van der Waals surface area contributed by atoms with Crippen molar-refractivity contribution in [3.05, 3.63) is 104 Å². The highest BCUT2D eigenvalue weighted by atomic mass is 79.9. The first kappa shape index (κ1) is 29.6. The topological polar surface area (TPSA) is 49.4 Å². The van der Waals surface area contributed by atoms with Crippen LogP contribution in [0, 0.1) is 0 Å². The molecular formula is C29H31BrCl2N2O2S. The molecule has 0 radical (unpaired) electrons. The number of halogens is 3. The number of nitrogens with zero attached hydrogens (tertiary/aromatic N) is 1. The fourth-order valence-electron chi connectivity index (χ4n) is 3.80. The summed E-state index contributed by atoms with van der Waals surface area (Å²) < 4.78 is 0.924. The van der Waals surface area contributed by atoms with Gasteiger partial charge in [0.1, 0.15) is 6.04 Å². The Kier molecular flexibility index (Phi) is 11.8. The van der Waals surface area contributed by atoms with Crippen LogP contribution in [0.25, 0.3) is 0 Å². The lowest BCUT2D eigenvalue weighted by Gasteiger charge is -2.32. The molecule has 1 N–H and O–H groups in total. The number of thioether (sulfide) groups is 1. The van der Waals surface area contributed by atoms with E-state index in [0.29, 0.717) is 28.8 Å². The number of carbonyl (C=O) groups excluding carboxylic acids is 2. The van der Waals surface area contributed by atoms with E-state index in [4.69, 9.17) is 23.2 Å². The minimum atomic E-state index is -0.650. The summed E-state index contributed by atoms with van der Waals surface area (Å²) in [5.41, 5.74) is 2.86. The van der Waals surface area contributed by atoms with Crippen LogP contribution in [-0.4, -0.2) is 34.6 Å². The van der Waals surface area contributed by atoms with Crippen molar-refractivity contribution in [3.63, 3.8) is 0 Å². The fourth-order valence-corrected chi connectivity index (χ4v) is 5.71. The average Bonchev–Trinajstić information content (AvgIpc) is 2.87.